The Labute approximate surface area is 220 Å². The van der Waals surface area contributed by atoms with Crippen LogP contribution in [0.3, 0.4) is 0 Å². The van der Waals surface area contributed by atoms with Crippen LogP contribution in [0.2, 0.25) is 10.0 Å². The van der Waals surface area contributed by atoms with Gasteiger partial charge in [-0.15, -0.1) is 0 Å². The number of aryl methyl sites for hydroxylation is 2. The van der Waals surface area contributed by atoms with E-state index < -0.39 is 5.54 Å². The normalized spacial score (nSPS) is 12.6. The average molecular weight is 519 g/mol. The molecule has 0 amide bonds. The molecule has 0 saturated heterocycles. The van der Waals surface area contributed by atoms with Crippen LogP contribution in [0, 0.1) is 0 Å². The van der Waals surface area contributed by atoms with Crippen LogP contribution in [0.4, 0.5) is 0 Å². The minimum Gasteiger partial charge on any atom is -0.336 e. The number of halogens is 2. The zero-order valence-electron chi connectivity index (χ0n) is 20.7. The first-order valence-corrected chi connectivity index (χ1v) is 12.5. The summed E-state index contributed by atoms with van der Waals surface area (Å²) < 4.78 is 3.55. The highest BCUT2D eigenvalue weighted by Gasteiger charge is 2.35. The average Bonchev–Trinajstić information content (AvgIpc) is 3.33. The van der Waals surface area contributed by atoms with Gasteiger partial charge in [0, 0.05) is 35.6 Å². The fourth-order valence-electron chi connectivity index (χ4n) is 4.51. The molecular weight excluding hydrogens is 491 g/mol. The molecule has 7 heteroatoms. The molecule has 0 spiro atoms. The molecule has 0 fully saturated rings. The molecule has 0 radical (unpaired) electrons. The summed E-state index contributed by atoms with van der Waals surface area (Å²) in [7, 11) is 3.68. The van der Waals surface area contributed by atoms with Crippen LogP contribution < -0.4 is 11.3 Å². The van der Waals surface area contributed by atoms with Crippen LogP contribution >= 0.6 is 23.2 Å². The lowest BCUT2D eigenvalue weighted by Crippen LogP contribution is -2.41. The van der Waals surface area contributed by atoms with Crippen LogP contribution in [-0.4, -0.2) is 14.1 Å². The molecule has 2 N–H and O–H groups in total. The first-order chi connectivity index (χ1) is 17.3. The standard InChI is InChI=1S/C27H22Cl2N4O.C2H6/c1-32-16-31-15-25(32)27(30,18-6-9-20(28)10-7-18)19-8-11-24-23(13-19)22(14-26(34)33(24)2)17-4-3-5-21(29)12-17;1-2/h3-16H,30H2,1-2H3;1-2H3/t27-;/m1./s1. The smallest absolute Gasteiger partial charge is 0.251 e. The molecule has 5 rings (SSSR count). The SMILES string of the molecule is CC.Cn1cncc1[C@@](N)(c1ccc(Cl)cc1)c1ccc2c(c1)c(-c1cccc(Cl)c1)cc(=O)n2C. The predicted octanol–water partition coefficient (Wildman–Crippen LogP) is 6.52. The number of nitrogens with two attached hydrogens (primary N) is 1. The number of hydrogen-bond acceptors (Lipinski definition) is 3. The molecule has 36 heavy (non-hydrogen) atoms. The van der Waals surface area contributed by atoms with Crippen LogP contribution in [-0.2, 0) is 19.6 Å². The molecule has 2 heterocycles. The lowest BCUT2D eigenvalue weighted by molar-refractivity contribution is 0.596. The van der Waals surface area contributed by atoms with E-state index >= 15 is 0 Å². The maximum atomic E-state index is 12.8. The van der Waals surface area contributed by atoms with Gasteiger partial charge >= 0.3 is 0 Å². The Morgan fingerprint density at radius 2 is 1.56 bits per heavy atom. The van der Waals surface area contributed by atoms with Crippen LogP contribution in [0.5, 0.6) is 0 Å². The summed E-state index contributed by atoms with van der Waals surface area (Å²) >= 11 is 12.4. The number of nitrogens with zero attached hydrogens (tertiary/aromatic N) is 3. The molecule has 3 aromatic carbocycles. The Morgan fingerprint density at radius 1 is 0.861 bits per heavy atom. The van der Waals surface area contributed by atoms with Crippen molar-refractivity contribution in [2.75, 3.05) is 0 Å². The van der Waals surface area contributed by atoms with Crippen molar-refractivity contribution < 1.29 is 0 Å². The van der Waals surface area contributed by atoms with Gasteiger partial charge in [-0.3, -0.25) is 4.79 Å². The third-order valence-electron chi connectivity index (χ3n) is 6.36. The molecule has 2 aromatic heterocycles. The second-order valence-electron chi connectivity index (χ2n) is 8.40. The summed E-state index contributed by atoms with van der Waals surface area (Å²) in [5.74, 6) is 0. The van der Waals surface area contributed by atoms with E-state index in [4.69, 9.17) is 28.9 Å². The highest BCUT2D eigenvalue weighted by molar-refractivity contribution is 6.31. The Balaban J connectivity index is 0.00000148. The number of benzene rings is 3. The highest BCUT2D eigenvalue weighted by atomic mass is 35.5. The molecule has 0 unspecified atom stereocenters. The molecule has 0 aliphatic heterocycles. The van der Waals surface area contributed by atoms with Gasteiger partial charge in [-0.1, -0.05) is 67.4 Å². The van der Waals surface area contributed by atoms with Gasteiger partial charge in [0.05, 0.1) is 23.7 Å². The molecule has 5 aromatic rings. The quantitative estimate of drug-likeness (QED) is 0.294. The Morgan fingerprint density at radius 3 is 2.19 bits per heavy atom. The Kier molecular flexibility index (Phi) is 7.36. The van der Waals surface area contributed by atoms with E-state index in [1.165, 1.54) is 0 Å². The largest absolute Gasteiger partial charge is 0.336 e. The van der Waals surface area contributed by atoms with Crippen molar-refractivity contribution in [3.63, 3.8) is 0 Å². The second kappa shape index (κ2) is 10.3. The van der Waals surface area contributed by atoms with Gasteiger partial charge < -0.3 is 14.9 Å². The van der Waals surface area contributed by atoms with Crippen LogP contribution in [0.1, 0.15) is 30.7 Å². The predicted molar refractivity (Wildman–Crippen MR) is 150 cm³/mol. The van der Waals surface area contributed by atoms with Crippen molar-refractivity contribution >= 4 is 34.1 Å². The summed E-state index contributed by atoms with van der Waals surface area (Å²) in [5, 5.41) is 2.13. The van der Waals surface area contributed by atoms with Gasteiger partial charge in [0.15, 0.2) is 0 Å². The van der Waals surface area contributed by atoms with E-state index in [1.54, 1.807) is 30.2 Å². The summed E-state index contributed by atoms with van der Waals surface area (Å²) in [6, 6.07) is 22.6. The van der Waals surface area contributed by atoms with Crippen molar-refractivity contribution in [3.05, 3.63) is 123 Å². The van der Waals surface area contributed by atoms with E-state index in [-0.39, 0.29) is 5.56 Å². The fraction of sp³-hybridized carbons (Fsp3) is 0.172. The molecule has 0 aliphatic carbocycles. The van der Waals surface area contributed by atoms with Gasteiger partial charge in [-0.2, -0.15) is 0 Å². The van der Waals surface area contributed by atoms with Crippen molar-refractivity contribution in [1.82, 2.24) is 14.1 Å². The lowest BCUT2D eigenvalue weighted by Gasteiger charge is -2.31. The van der Waals surface area contributed by atoms with E-state index in [9.17, 15) is 4.79 Å². The molecular formula is C29H28Cl2N4O. The summed E-state index contributed by atoms with van der Waals surface area (Å²) in [5.41, 5.74) is 11.1. The minimum atomic E-state index is -1.01. The first-order valence-electron chi connectivity index (χ1n) is 11.7. The third-order valence-corrected chi connectivity index (χ3v) is 6.84. The highest BCUT2D eigenvalue weighted by Crippen LogP contribution is 2.38. The van der Waals surface area contributed by atoms with Gasteiger partial charge in [-0.25, -0.2) is 4.98 Å². The van der Waals surface area contributed by atoms with Gasteiger partial charge in [0.1, 0.15) is 5.54 Å². The fourth-order valence-corrected chi connectivity index (χ4v) is 4.83. The minimum absolute atomic E-state index is 0.0985. The number of fused-ring (bicyclic) bond motifs is 1. The first kappa shape index (κ1) is 25.7. The van der Waals surface area contributed by atoms with Crippen LogP contribution in [0.25, 0.3) is 22.0 Å². The second-order valence-corrected chi connectivity index (χ2v) is 9.28. The third kappa shape index (κ3) is 4.46. The van der Waals surface area contributed by atoms with E-state index in [0.717, 1.165) is 38.9 Å². The maximum Gasteiger partial charge on any atom is 0.251 e. The van der Waals surface area contributed by atoms with Crippen molar-refractivity contribution in [2.45, 2.75) is 19.4 Å². The van der Waals surface area contributed by atoms with Crippen molar-refractivity contribution in [1.29, 1.82) is 0 Å². The van der Waals surface area contributed by atoms with E-state index in [1.807, 2.05) is 92.2 Å². The molecule has 0 saturated carbocycles. The molecule has 0 bridgehead atoms. The number of rotatable bonds is 4. The zero-order chi connectivity index (χ0) is 26.0. The van der Waals surface area contributed by atoms with E-state index in [0.29, 0.717) is 10.0 Å². The van der Waals surface area contributed by atoms with Gasteiger partial charge in [0.2, 0.25) is 0 Å². The number of hydrogen-bond donors (Lipinski definition) is 1. The Bertz CT molecular complexity index is 1590. The number of aromatic nitrogens is 3. The van der Waals surface area contributed by atoms with Crippen molar-refractivity contribution in [3.8, 4) is 11.1 Å². The lowest BCUT2D eigenvalue weighted by atomic mass is 9.80. The summed E-state index contributed by atoms with van der Waals surface area (Å²) in [4.78, 5) is 17.1. The number of imidazole rings is 1. The topological polar surface area (TPSA) is 65.8 Å². The molecule has 184 valence electrons. The molecule has 0 aliphatic rings. The Hall–Kier alpha value is -3.38. The number of pyridine rings is 1. The van der Waals surface area contributed by atoms with E-state index in [2.05, 4.69) is 4.98 Å². The zero-order valence-corrected chi connectivity index (χ0v) is 22.2. The maximum absolute atomic E-state index is 12.8. The summed E-state index contributed by atoms with van der Waals surface area (Å²) in [6.07, 6.45) is 3.51. The summed E-state index contributed by atoms with van der Waals surface area (Å²) in [6.45, 7) is 4.00. The van der Waals surface area contributed by atoms with Crippen molar-refractivity contribution in [2.24, 2.45) is 19.8 Å². The molecule has 5 nitrogen and oxygen atoms in total. The van der Waals surface area contributed by atoms with Gasteiger partial charge in [0.25, 0.3) is 5.56 Å². The van der Waals surface area contributed by atoms with Crippen LogP contribution in [0.15, 0.2) is 90.1 Å². The molecule has 1 atom stereocenters. The van der Waals surface area contributed by atoms with Gasteiger partial charge in [-0.05, 0) is 58.7 Å². The monoisotopic (exact) mass is 518 g/mol.